The Kier molecular flexibility index (Phi) is 23.6. The van der Waals surface area contributed by atoms with E-state index in [9.17, 15) is 0 Å². The van der Waals surface area contributed by atoms with Crippen molar-refractivity contribution in [3.05, 3.63) is 90.3 Å². The number of benzene rings is 2. The Hall–Kier alpha value is 0.965. The van der Waals surface area contributed by atoms with Gasteiger partial charge in [0, 0.05) is 76.5 Å². The summed E-state index contributed by atoms with van der Waals surface area (Å²) in [7, 11) is -0.986. The molecule has 5 heterocycles. The van der Waals surface area contributed by atoms with Gasteiger partial charge in [0.05, 0.1) is 0 Å². The van der Waals surface area contributed by atoms with Gasteiger partial charge in [0.2, 0.25) is 0 Å². The summed E-state index contributed by atoms with van der Waals surface area (Å²) in [6.45, 7) is 32.6. The Morgan fingerprint density at radius 3 is 0.889 bits per heavy atom. The normalized spacial score (nSPS) is 19.2. The van der Waals surface area contributed by atoms with Crippen LogP contribution >= 0.6 is 20.9 Å². The molecule has 2 aromatic carbocycles. The summed E-state index contributed by atoms with van der Waals surface area (Å²) in [5.74, 6) is 7.34. The molecular formula is C44H67LiLuO3P3Si2-2. The van der Waals surface area contributed by atoms with Gasteiger partial charge in [-0.1, -0.05) is 110 Å². The third-order valence-electron chi connectivity index (χ3n) is 10.3. The van der Waals surface area contributed by atoms with Crippen LogP contribution in [0.2, 0.25) is 39.3 Å². The zero-order chi connectivity index (χ0) is 37.9. The minimum absolute atomic E-state index is 0. The molecule has 3 nitrogen and oxygen atoms in total. The van der Waals surface area contributed by atoms with Crippen LogP contribution in [0.1, 0.15) is 73.1 Å². The van der Waals surface area contributed by atoms with E-state index in [-0.39, 0.29) is 69.1 Å². The van der Waals surface area contributed by atoms with E-state index in [1.165, 1.54) is 79.2 Å². The van der Waals surface area contributed by atoms with Crippen molar-refractivity contribution in [3.8, 4) is 22.3 Å². The second-order valence-electron chi connectivity index (χ2n) is 16.4. The van der Waals surface area contributed by atoms with Crippen LogP contribution < -0.4 is 28.7 Å². The van der Waals surface area contributed by atoms with Gasteiger partial charge in [0.25, 0.3) is 0 Å². The van der Waals surface area contributed by atoms with E-state index in [4.69, 9.17) is 14.2 Å². The first-order chi connectivity index (χ1) is 24.7. The largest absolute Gasteiger partial charge is 1.00 e. The average molecular weight is 975 g/mol. The van der Waals surface area contributed by atoms with Gasteiger partial charge < -0.3 is 35.1 Å². The maximum Gasteiger partial charge on any atom is 1.00 e. The van der Waals surface area contributed by atoms with E-state index in [2.05, 4.69) is 135 Å². The van der Waals surface area contributed by atoms with Crippen LogP contribution in [-0.2, 0) is 14.2 Å². The molecule has 1 aliphatic carbocycles. The summed E-state index contributed by atoms with van der Waals surface area (Å²) >= 11 is 0. The molecule has 10 heteroatoms. The van der Waals surface area contributed by atoms with E-state index in [1.807, 2.05) is 9.84 Å². The second-order valence-corrected chi connectivity index (χ2v) is 38.3. The van der Waals surface area contributed by atoms with Gasteiger partial charge in [-0.05, 0) is 84.3 Å². The molecule has 0 spiro atoms. The Labute approximate surface area is 377 Å². The van der Waals surface area contributed by atoms with E-state index in [0.717, 1.165) is 39.6 Å². The van der Waals surface area contributed by atoms with E-state index < -0.39 is 16.1 Å². The number of rotatable bonds is 4. The summed E-state index contributed by atoms with van der Waals surface area (Å²) in [5.41, 5.74) is 6.16. The first kappa shape index (κ1) is 51.1. The topological polar surface area (TPSA) is 27.7 Å². The summed E-state index contributed by atoms with van der Waals surface area (Å²) in [6.07, 6.45) is 7.67. The fourth-order valence-corrected chi connectivity index (χ4v) is 41.5. The second kappa shape index (κ2) is 24.9. The molecule has 2 unspecified atom stereocenters. The number of ether oxygens (including phenoxy) is 3. The van der Waals surface area contributed by atoms with Gasteiger partial charge in [0.1, 0.15) is 0 Å². The molecule has 0 N–H and O–H groups in total. The molecule has 2 atom stereocenters. The van der Waals surface area contributed by atoms with Crippen LogP contribution in [-0.4, -0.2) is 55.8 Å². The number of fused-ring (bicyclic) bond motifs is 1. The van der Waals surface area contributed by atoms with Gasteiger partial charge in [-0.2, -0.15) is 11.1 Å². The number of hydrogen-bond acceptors (Lipinski definition) is 3. The minimum Gasteiger partial charge on any atom is -0.381 e. The summed E-state index contributed by atoms with van der Waals surface area (Å²) in [4.78, 5) is 3.80. The Balaban J connectivity index is 0.000000301. The fourth-order valence-electron chi connectivity index (χ4n) is 6.84. The molecule has 1 saturated carbocycles. The Morgan fingerprint density at radius 2 is 0.704 bits per heavy atom. The first-order valence-electron chi connectivity index (χ1n) is 19.6. The standard InChI is InChI=1S/C22H28P3Si2.C10H15.3C4H8O.Li.Lu/c1-26(2,3)21-19(17-13-9-7-10-14-17)20(18-15-11-8-12-16-18)22(27(4,5)6)25-23-24(21)25;1-6-7(2)9(4)10(5)8(6)3;3*1-2-4-5-3-1;;/h7-16H,1-6H3;1-5H3;3*1-4H2;;/q-3;;;;;+1;. The predicted molar refractivity (Wildman–Crippen MR) is 240 cm³/mol. The van der Waals surface area contributed by atoms with Crippen LogP contribution in [0.15, 0.2) is 60.7 Å². The molecule has 8 rings (SSSR count). The zero-order valence-electron chi connectivity index (χ0n) is 35.6. The van der Waals surface area contributed by atoms with Crippen molar-refractivity contribution >= 4 is 46.9 Å². The van der Waals surface area contributed by atoms with Crippen molar-refractivity contribution in [1.82, 2.24) is 0 Å². The molecule has 3 aliphatic heterocycles. The van der Waals surface area contributed by atoms with E-state index >= 15 is 0 Å². The van der Waals surface area contributed by atoms with Gasteiger partial charge in [-0.25, -0.2) is 0 Å². The molecule has 6 radical (unpaired) electrons. The molecule has 0 amide bonds. The summed E-state index contributed by atoms with van der Waals surface area (Å²) in [6, 6.07) is 22.6. The smallest absolute Gasteiger partial charge is 0.381 e. The molecule has 4 fully saturated rings. The third-order valence-corrected chi connectivity index (χ3v) is 32.3. The molecule has 4 aromatic rings. The van der Waals surface area contributed by atoms with Crippen molar-refractivity contribution in [3.63, 3.8) is 0 Å². The maximum atomic E-state index is 4.94. The molecule has 302 valence electrons. The van der Waals surface area contributed by atoms with Crippen molar-refractivity contribution in [2.45, 2.75) is 112 Å². The van der Waals surface area contributed by atoms with Gasteiger partial charge in [-0.3, -0.25) is 21.0 Å². The van der Waals surface area contributed by atoms with Crippen LogP contribution in [0.25, 0.3) is 22.3 Å². The van der Waals surface area contributed by atoms with Gasteiger partial charge >= 0.3 is 18.9 Å². The predicted octanol–water partition coefficient (Wildman–Crippen LogP) is 10.5. The van der Waals surface area contributed by atoms with Crippen molar-refractivity contribution in [1.29, 1.82) is 0 Å². The van der Waals surface area contributed by atoms with Gasteiger partial charge in [-0.15, -0.1) is 24.3 Å². The van der Waals surface area contributed by atoms with E-state index in [1.54, 1.807) is 18.7 Å². The van der Waals surface area contributed by atoms with Crippen LogP contribution in [0.5, 0.6) is 0 Å². The molecule has 0 bridgehead atoms. The van der Waals surface area contributed by atoms with Crippen LogP contribution in [0.4, 0.5) is 0 Å². The van der Waals surface area contributed by atoms with Crippen LogP contribution in [0.3, 0.4) is 0 Å². The van der Waals surface area contributed by atoms with Crippen molar-refractivity contribution < 1.29 is 69.9 Å². The molecular weight excluding hydrogens is 907 g/mol. The number of hydrogen-bond donors (Lipinski definition) is 0. The van der Waals surface area contributed by atoms with Gasteiger partial charge in [0.15, 0.2) is 0 Å². The monoisotopic (exact) mass is 974 g/mol. The molecule has 54 heavy (non-hydrogen) atoms. The molecule has 3 saturated heterocycles. The maximum absolute atomic E-state index is 4.94. The Bertz CT molecular complexity index is 1410. The van der Waals surface area contributed by atoms with Crippen molar-refractivity contribution in [2.24, 2.45) is 0 Å². The van der Waals surface area contributed by atoms with E-state index in [0.29, 0.717) is 0 Å². The van der Waals surface area contributed by atoms with Crippen molar-refractivity contribution in [2.75, 3.05) is 39.6 Å². The zero-order valence-corrected chi connectivity index (χ0v) is 41.9. The fraction of sp³-hybridized carbons (Fsp3) is 0.523. The summed E-state index contributed by atoms with van der Waals surface area (Å²) < 4.78 is 14.8. The SMILES string of the molecule is C1CCOC1.C1CCOC1.C1CCOC1.C[C]1[C](C)[C](C)[C](C)[C]1C.C[Si](C)(C)[c-]1c(-c2ccccc2)c(-c2ccccc2)[c-]([Si](C)(C)C)p2[p-]p12.[Li+].[Lu]. The molecule has 2 aromatic heterocycles. The quantitative estimate of drug-likeness (QED) is 0.151. The minimum atomic E-state index is -1.39. The van der Waals surface area contributed by atoms with Crippen LogP contribution in [0, 0.1) is 66.5 Å². The third kappa shape index (κ3) is 14.9. The first-order valence-corrected chi connectivity index (χ1v) is 32.3. The summed E-state index contributed by atoms with van der Waals surface area (Å²) in [5, 5.41) is 0. The average Bonchev–Trinajstić information content (AvgIpc) is 3.78. The molecule has 4 aliphatic rings. The Morgan fingerprint density at radius 1 is 0.463 bits per heavy atom.